The second kappa shape index (κ2) is 4.94. The molecule has 4 nitrogen and oxygen atoms in total. The van der Waals surface area contributed by atoms with Crippen LogP contribution in [-0.4, -0.2) is 43.3 Å². The first-order chi connectivity index (χ1) is 7.27. The molecule has 1 atom stereocenters. The van der Waals surface area contributed by atoms with Crippen molar-refractivity contribution >= 4 is 5.91 Å². The first-order valence-corrected chi connectivity index (χ1v) is 5.88. The number of rotatable bonds is 6. The normalized spacial score (nSPS) is 26.3. The number of nitrogens with one attached hydrogen (secondary N) is 1. The van der Waals surface area contributed by atoms with Crippen molar-refractivity contribution in [3.63, 3.8) is 0 Å². The van der Waals surface area contributed by atoms with Gasteiger partial charge in [-0.1, -0.05) is 0 Å². The zero-order chi connectivity index (χ0) is 10.7. The molecule has 2 fully saturated rings. The molecule has 15 heavy (non-hydrogen) atoms. The summed E-state index contributed by atoms with van der Waals surface area (Å²) in [5, 5.41) is 3.12. The van der Waals surface area contributed by atoms with Gasteiger partial charge in [0, 0.05) is 19.8 Å². The summed E-state index contributed by atoms with van der Waals surface area (Å²) in [5.41, 5.74) is 0. The summed E-state index contributed by atoms with van der Waals surface area (Å²) in [4.78, 5) is 13.3. The van der Waals surface area contributed by atoms with E-state index >= 15 is 0 Å². The van der Waals surface area contributed by atoms with Gasteiger partial charge in [-0.25, -0.2) is 0 Å². The van der Waals surface area contributed by atoms with Gasteiger partial charge in [0.1, 0.15) is 0 Å². The summed E-state index contributed by atoms with van der Waals surface area (Å²) < 4.78 is 5.53. The van der Waals surface area contributed by atoms with Crippen LogP contribution < -0.4 is 5.32 Å². The van der Waals surface area contributed by atoms with E-state index < -0.39 is 0 Å². The lowest BCUT2D eigenvalue weighted by Gasteiger charge is -2.20. The van der Waals surface area contributed by atoms with Gasteiger partial charge in [0.25, 0.3) is 0 Å². The quantitative estimate of drug-likeness (QED) is 0.655. The van der Waals surface area contributed by atoms with Crippen LogP contribution in [0.2, 0.25) is 0 Å². The van der Waals surface area contributed by atoms with Crippen LogP contribution in [0.25, 0.3) is 0 Å². The van der Waals surface area contributed by atoms with Crippen LogP contribution in [0.1, 0.15) is 26.2 Å². The van der Waals surface area contributed by atoms with E-state index in [-0.39, 0.29) is 12.1 Å². The van der Waals surface area contributed by atoms with Gasteiger partial charge in [0.15, 0.2) is 0 Å². The number of carbonyl (C=O) groups is 1. The Kier molecular flexibility index (Phi) is 3.59. The molecule has 1 aliphatic heterocycles. The third-order valence-electron chi connectivity index (χ3n) is 3.07. The molecule has 1 heterocycles. The van der Waals surface area contributed by atoms with Gasteiger partial charge in [-0.05, 0) is 32.1 Å². The van der Waals surface area contributed by atoms with E-state index in [9.17, 15) is 4.79 Å². The van der Waals surface area contributed by atoms with Crippen LogP contribution in [0, 0.1) is 5.92 Å². The van der Waals surface area contributed by atoms with Gasteiger partial charge < -0.3 is 9.64 Å². The lowest BCUT2D eigenvalue weighted by Crippen LogP contribution is -2.35. The Morgan fingerprint density at radius 1 is 1.53 bits per heavy atom. The lowest BCUT2D eigenvalue weighted by atomic mass is 10.3. The Labute approximate surface area is 91.0 Å². The topological polar surface area (TPSA) is 41.6 Å². The molecular formula is C11H20N2O2. The predicted octanol–water partition coefficient (Wildman–Crippen LogP) is 0.581. The molecule has 0 aromatic heterocycles. The van der Waals surface area contributed by atoms with Crippen molar-refractivity contribution in [3.05, 3.63) is 0 Å². The van der Waals surface area contributed by atoms with Crippen molar-refractivity contribution in [2.75, 3.05) is 26.3 Å². The second-order valence-electron chi connectivity index (χ2n) is 4.52. The molecule has 1 aliphatic carbocycles. The van der Waals surface area contributed by atoms with Crippen molar-refractivity contribution in [1.82, 2.24) is 10.2 Å². The van der Waals surface area contributed by atoms with Gasteiger partial charge in [-0.3, -0.25) is 10.1 Å². The van der Waals surface area contributed by atoms with Crippen LogP contribution in [0.5, 0.6) is 0 Å². The maximum atomic E-state index is 11.4. The highest BCUT2D eigenvalue weighted by molar-refractivity contribution is 5.80. The standard InChI is InChI=1S/C11H20N2O2/c1-9-12-7-11(14)13(9)5-2-6-15-8-10-3-4-10/h9-10,12H,2-8H2,1H3. The molecular weight excluding hydrogens is 192 g/mol. The van der Waals surface area contributed by atoms with Crippen LogP contribution in [0.3, 0.4) is 0 Å². The van der Waals surface area contributed by atoms with Gasteiger partial charge in [0.05, 0.1) is 12.7 Å². The maximum Gasteiger partial charge on any atom is 0.237 e. The molecule has 1 amide bonds. The third kappa shape index (κ3) is 3.18. The molecule has 1 saturated carbocycles. The minimum absolute atomic E-state index is 0.195. The summed E-state index contributed by atoms with van der Waals surface area (Å²) >= 11 is 0. The summed E-state index contributed by atoms with van der Waals surface area (Å²) in [6.07, 6.45) is 3.82. The SMILES string of the molecule is CC1NCC(=O)N1CCCOCC1CC1. The van der Waals surface area contributed by atoms with E-state index in [4.69, 9.17) is 4.74 Å². The molecule has 1 N–H and O–H groups in total. The van der Waals surface area contributed by atoms with Gasteiger partial charge in [-0.2, -0.15) is 0 Å². The van der Waals surface area contributed by atoms with Crippen molar-refractivity contribution in [1.29, 1.82) is 0 Å². The molecule has 2 rings (SSSR count). The van der Waals surface area contributed by atoms with Crippen molar-refractivity contribution in [2.24, 2.45) is 5.92 Å². The lowest BCUT2D eigenvalue weighted by molar-refractivity contribution is -0.127. The van der Waals surface area contributed by atoms with Crippen molar-refractivity contribution < 1.29 is 9.53 Å². The Bertz CT molecular complexity index is 229. The molecule has 86 valence electrons. The fraction of sp³-hybridized carbons (Fsp3) is 0.909. The van der Waals surface area contributed by atoms with E-state index in [1.807, 2.05) is 11.8 Å². The van der Waals surface area contributed by atoms with Crippen LogP contribution in [0.15, 0.2) is 0 Å². The van der Waals surface area contributed by atoms with Gasteiger partial charge >= 0.3 is 0 Å². The average molecular weight is 212 g/mol. The Morgan fingerprint density at radius 3 is 2.93 bits per heavy atom. The Balaban J connectivity index is 1.54. The van der Waals surface area contributed by atoms with E-state index in [1.54, 1.807) is 0 Å². The second-order valence-corrected chi connectivity index (χ2v) is 4.52. The van der Waals surface area contributed by atoms with E-state index in [0.29, 0.717) is 6.54 Å². The molecule has 2 aliphatic rings. The monoisotopic (exact) mass is 212 g/mol. The minimum Gasteiger partial charge on any atom is -0.381 e. The number of amides is 1. The number of carbonyl (C=O) groups excluding carboxylic acids is 1. The fourth-order valence-corrected chi connectivity index (χ4v) is 1.85. The summed E-state index contributed by atoms with van der Waals surface area (Å²) in [6, 6.07) is 0. The highest BCUT2D eigenvalue weighted by atomic mass is 16.5. The van der Waals surface area contributed by atoms with Gasteiger partial charge in [-0.15, -0.1) is 0 Å². The first kappa shape index (κ1) is 10.9. The zero-order valence-electron chi connectivity index (χ0n) is 9.37. The van der Waals surface area contributed by atoms with Crippen LogP contribution in [0.4, 0.5) is 0 Å². The zero-order valence-corrected chi connectivity index (χ0v) is 9.37. The largest absolute Gasteiger partial charge is 0.381 e. The Hall–Kier alpha value is -0.610. The smallest absolute Gasteiger partial charge is 0.237 e. The maximum absolute atomic E-state index is 11.4. The van der Waals surface area contributed by atoms with Crippen LogP contribution >= 0.6 is 0 Å². The number of nitrogens with zero attached hydrogens (tertiary/aromatic N) is 1. The molecule has 0 aromatic carbocycles. The first-order valence-electron chi connectivity index (χ1n) is 5.88. The third-order valence-corrected chi connectivity index (χ3v) is 3.07. The number of hydrogen-bond acceptors (Lipinski definition) is 3. The Morgan fingerprint density at radius 2 is 2.33 bits per heavy atom. The van der Waals surface area contributed by atoms with Crippen LogP contribution in [-0.2, 0) is 9.53 Å². The molecule has 4 heteroatoms. The van der Waals surface area contributed by atoms with E-state index in [1.165, 1.54) is 12.8 Å². The van der Waals surface area contributed by atoms with E-state index in [2.05, 4.69) is 5.32 Å². The molecule has 1 saturated heterocycles. The summed E-state index contributed by atoms with van der Waals surface area (Å²) in [6.45, 7) is 5.03. The number of ether oxygens (including phenoxy) is 1. The van der Waals surface area contributed by atoms with Crippen molar-refractivity contribution in [3.8, 4) is 0 Å². The number of hydrogen-bond donors (Lipinski definition) is 1. The van der Waals surface area contributed by atoms with Crippen molar-refractivity contribution in [2.45, 2.75) is 32.4 Å². The van der Waals surface area contributed by atoms with Gasteiger partial charge in [0.2, 0.25) is 5.91 Å². The van der Waals surface area contributed by atoms with E-state index in [0.717, 1.165) is 32.1 Å². The fourth-order valence-electron chi connectivity index (χ4n) is 1.85. The summed E-state index contributed by atoms with van der Waals surface area (Å²) in [7, 11) is 0. The molecule has 0 bridgehead atoms. The highest BCUT2D eigenvalue weighted by Crippen LogP contribution is 2.28. The average Bonchev–Trinajstić information content (AvgIpc) is 2.98. The molecule has 0 spiro atoms. The molecule has 1 unspecified atom stereocenters. The minimum atomic E-state index is 0.195. The predicted molar refractivity (Wildman–Crippen MR) is 57.3 cm³/mol. The molecule has 0 aromatic rings. The summed E-state index contributed by atoms with van der Waals surface area (Å²) in [5.74, 6) is 1.05. The highest BCUT2D eigenvalue weighted by Gasteiger charge is 2.26. The molecule has 0 radical (unpaired) electrons.